The number of nitrogens with one attached hydrogen (secondary N) is 1. The zero-order chi connectivity index (χ0) is 26.2. The number of ether oxygens (including phenoxy) is 1. The Labute approximate surface area is 217 Å². The normalized spacial score (nSPS) is 12.4. The van der Waals surface area contributed by atoms with Crippen LogP contribution in [0.2, 0.25) is 0 Å². The van der Waals surface area contributed by atoms with Crippen molar-refractivity contribution in [3.8, 4) is 5.75 Å². The molecule has 0 unspecified atom stereocenters. The van der Waals surface area contributed by atoms with E-state index in [1.54, 1.807) is 12.0 Å². The maximum absolute atomic E-state index is 12.5. The molecule has 0 aliphatic carbocycles. The largest absolute Gasteiger partial charge is 0.496 e. The van der Waals surface area contributed by atoms with E-state index in [2.05, 4.69) is 34.1 Å². The zero-order valence-corrected chi connectivity index (χ0v) is 22.7. The predicted molar refractivity (Wildman–Crippen MR) is 144 cm³/mol. The molecular weight excluding hydrogens is 474 g/mol. The van der Waals surface area contributed by atoms with Crippen molar-refractivity contribution in [1.29, 1.82) is 0 Å². The number of nitrogens with two attached hydrogens (primary N) is 1. The molecule has 3 heterocycles. The van der Waals surface area contributed by atoms with Gasteiger partial charge in [-0.15, -0.1) is 11.3 Å². The first-order valence-electron chi connectivity index (χ1n) is 12.3. The molecule has 0 saturated carbocycles. The van der Waals surface area contributed by atoms with Gasteiger partial charge in [-0.25, -0.2) is 4.98 Å². The van der Waals surface area contributed by atoms with Gasteiger partial charge in [0.2, 0.25) is 12.3 Å². The van der Waals surface area contributed by atoms with E-state index in [0.717, 1.165) is 63.2 Å². The summed E-state index contributed by atoms with van der Waals surface area (Å²) >= 11 is 1.53. The summed E-state index contributed by atoms with van der Waals surface area (Å²) in [5.74, 6) is 1.87. The number of benzene rings is 1. The first-order chi connectivity index (χ1) is 17.3. The van der Waals surface area contributed by atoms with Crippen LogP contribution in [0.4, 0.5) is 5.00 Å². The van der Waals surface area contributed by atoms with Gasteiger partial charge in [-0.2, -0.15) is 0 Å². The molecule has 0 fully saturated rings. The van der Waals surface area contributed by atoms with E-state index in [9.17, 15) is 9.59 Å². The number of anilines is 1. The summed E-state index contributed by atoms with van der Waals surface area (Å²) in [6, 6.07) is 5.98. The second kappa shape index (κ2) is 12.7. The van der Waals surface area contributed by atoms with E-state index < -0.39 is 0 Å². The smallest absolute Gasteiger partial charge is 0.225 e. The van der Waals surface area contributed by atoms with Gasteiger partial charge in [0.15, 0.2) is 0 Å². The van der Waals surface area contributed by atoms with Crippen LogP contribution in [0.3, 0.4) is 0 Å². The van der Waals surface area contributed by atoms with E-state index in [-0.39, 0.29) is 5.91 Å². The zero-order valence-electron chi connectivity index (χ0n) is 21.9. The first-order valence-corrected chi connectivity index (χ1v) is 13.1. The molecule has 0 spiro atoms. The van der Waals surface area contributed by atoms with Crippen molar-refractivity contribution in [2.45, 2.75) is 66.6 Å². The van der Waals surface area contributed by atoms with Gasteiger partial charge in [-0.1, -0.05) is 17.7 Å². The molecule has 194 valence electrons. The summed E-state index contributed by atoms with van der Waals surface area (Å²) in [5.41, 5.74) is 11.4. The fraction of sp³-hybridized carbons (Fsp3) is 0.444. The van der Waals surface area contributed by atoms with Gasteiger partial charge < -0.3 is 25.3 Å². The number of rotatable bonds is 8. The number of methoxy groups -OCH3 is 1. The fourth-order valence-corrected chi connectivity index (χ4v) is 5.74. The minimum absolute atomic E-state index is 0.0425. The number of thiophene rings is 1. The average Bonchev–Trinajstić information content (AvgIpc) is 3.39. The number of hydrogen-bond acceptors (Lipinski definition) is 6. The third kappa shape index (κ3) is 6.73. The highest BCUT2D eigenvalue weighted by molar-refractivity contribution is 7.16. The van der Waals surface area contributed by atoms with Gasteiger partial charge in [0.05, 0.1) is 24.3 Å². The molecule has 2 aromatic heterocycles. The van der Waals surface area contributed by atoms with Gasteiger partial charge in [-0.05, 0) is 57.7 Å². The molecule has 0 radical (unpaired) electrons. The van der Waals surface area contributed by atoms with Crippen molar-refractivity contribution in [2.24, 2.45) is 5.73 Å². The minimum atomic E-state index is -0.0425. The predicted octanol–water partition coefficient (Wildman–Crippen LogP) is 4.13. The van der Waals surface area contributed by atoms with Crippen LogP contribution in [-0.2, 0) is 42.1 Å². The van der Waals surface area contributed by atoms with Crippen LogP contribution in [0.25, 0.3) is 0 Å². The summed E-state index contributed by atoms with van der Waals surface area (Å²) < 4.78 is 7.52. The summed E-state index contributed by atoms with van der Waals surface area (Å²) in [5, 5.41) is 3.84. The summed E-state index contributed by atoms with van der Waals surface area (Å²) in [7, 11) is 1.64. The highest BCUT2D eigenvalue weighted by Gasteiger charge is 2.23. The Morgan fingerprint density at radius 1 is 1.31 bits per heavy atom. The number of imidazole rings is 1. The van der Waals surface area contributed by atoms with Gasteiger partial charge in [0.1, 0.15) is 11.6 Å². The van der Waals surface area contributed by atoms with Crippen molar-refractivity contribution in [3.05, 3.63) is 63.0 Å². The van der Waals surface area contributed by atoms with Gasteiger partial charge in [-0.3, -0.25) is 9.59 Å². The van der Waals surface area contributed by atoms with Crippen LogP contribution < -0.4 is 15.8 Å². The Morgan fingerprint density at radius 3 is 2.67 bits per heavy atom. The Kier molecular flexibility index (Phi) is 9.66. The fourth-order valence-electron chi connectivity index (χ4n) is 4.42. The van der Waals surface area contributed by atoms with Crippen molar-refractivity contribution >= 4 is 28.7 Å². The standard InChI is InChI=1S/C20H25N3O3S.C7H12N2/c1-13-3-5-17(26-2)14(9-13)4-6-19(25)22-20-16(10-21)15-7-8-23(12-24)11-18(15)27-20;1-4-9-5-6(2)8-7(9)3/h3,5,9,12H,4,6-8,10-11,21H2,1-2H3,(H,22,25);5H,4H2,1-3H3. The third-order valence-corrected chi connectivity index (χ3v) is 7.47. The van der Waals surface area contributed by atoms with Crippen LogP contribution in [-0.4, -0.2) is 40.4 Å². The van der Waals surface area contributed by atoms with Gasteiger partial charge in [0, 0.05) is 42.7 Å². The molecule has 1 aliphatic rings. The van der Waals surface area contributed by atoms with E-state index in [1.165, 1.54) is 16.9 Å². The lowest BCUT2D eigenvalue weighted by Crippen LogP contribution is -2.28. The monoisotopic (exact) mass is 511 g/mol. The molecule has 1 aromatic carbocycles. The molecule has 0 atom stereocenters. The van der Waals surface area contributed by atoms with E-state index in [1.807, 2.05) is 32.9 Å². The maximum Gasteiger partial charge on any atom is 0.225 e. The number of aryl methyl sites for hydroxylation is 5. The van der Waals surface area contributed by atoms with Crippen molar-refractivity contribution in [2.75, 3.05) is 19.0 Å². The van der Waals surface area contributed by atoms with E-state index >= 15 is 0 Å². The summed E-state index contributed by atoms with van der Waals surface area (Å²) in [4.78, 5) is 30.7. The number of hydrogen-bond donors (Lipinski definition) is 2. The highest BCUT2D eigenvalue weighted by Crippen LogP contribution is 2.36. The molecule has 1 aliphatic heterocycles. The van der Waals surface area contributed by atoms with Crippen LogP contribution >= 0.6 is 11.3 Å². The van der Waals surface area contributed by atoms with Gasteiger partial charge >= 0.3 is 0 Å². The molecule has 3 aromatic rings. The number of carbonyl (C=O) groups is 2. The van der Waals surface area contributed by atoms with Gasteiger partial charge in [0.25, 0.3) is 0 Å². The molecule has 9 heteroatoms. The lowest BCUT2D eigenvalue weighted by Gasteiger charge is -2.23. The second-order valence-corrected chi connectivity index (χ2v) is 10.0. The molecular formula is C27H37N5O3S. The maximum atomic E-state index is 12.5. The topological polar surface area (TPSA) is 102 Å². The van der Waals surface area contributed by atoms with Crippen molar-refractivity contribution in [3.63, 3.8) is 0 Å². The lowest BCUT2D eigenvalue weighted by molar-refractivity contribution is -0.119. The Balaban J connectivity index is 0.000000338. The van der Waals surface area contributed by atoms with Crippen LogP contribution in [0.15, 0.2) is 24.4 Å². The number of fused-ring (bicyclic) bond motifs is 1. The SMILES string of the molecule is CCn1cc(C)nc1C.COc1ccc(C)cc1CCC(=O)Nc1sc2c(c1CN)CCN(C=O)C2. The summed E-state index contributed by atoms with van der Waals surface area (Å²) in [6.07, 6.45) is 4.70. The number of aromatic nitrogens is 2. The molecule has 0 bridgehead atoms. The number of amides is 2. The van der Waals surface area contributed by atoms with Crippen LogP contribution in [0.1, 0.15) is 52.0 Å². The summed E-state index contributed by atoms with van der Waals surface area (Å²) in [6.45, 7) is 10.9. The quantitative estimate of drug-likeness (QED) is 0.443. The number of nitrogens with zero attached hydrogens (tertiary/aromatic N) is 3. The Hall–Kier alpha value is -3.17. The van der Waals surface area contributed by atoms with E-state index in [4.69, 9.17) is 10.5 Å². The molecule has 0 saturated heterocycles. The third-order valence-electron chi connectivity index (χ3n) is 6.30. The molecule has 2 amide bonds. The Bertz CT molecular complexity index is 1200. The lowest BCUT2D eigenvalue weighted by atomic mass is 10.0. The molecule has 36 heavy (non-hydrogen) atoms. The number of carbonyl (C=O) groups excluding carboxylic acids is 2. The van der Waals surface area contributed by atoms with Crippen LogP contribution in [0.5, 0.6) is 5.75 Å². The molecule has 8 nitrogen and oxygen atoms in total. The highest BCUT2D eigenvalue weighted by atomic mass is 32.1. The molecule has 4 rings (SSSR count). The first kappa shape index (κ1) is 27.4. The average molecular weight is 512 g/mol. The van der Waals surface area contributed by atoms with Crippen molar-refractivity contribution < 1.29 is 14.3 Å². The van der Waals surface area contributed by atoms with E-state index in [0.29, 0.717) is 32.5 Å². The minimum Gasteiger partial charge on any atom is -0.496 e. The Morgan fingerprint density at radius 2 is 2.08 bits per heavy atom. The second-order valence-electron chi connectivity index (χ2n) is 8.92. The molecule has 3 N–H and O–H groups in total. The van der Waals surface area contributed by atoms with Crippen LogP contribution in [0, 0.1) is 20.8 Å². The van der Waals surface area contributed by atoms with Crippen molar-refractivity contribution in [1.82, 2.24) is 14.5 Å².